The first-order valence-corrected chi connectivity index (χ1v) is 10.9. The van der Waals surface area contributed by atoms with Gasteiger partial charge in [-0.2, -0.15) is 0 Å². The lowest BCUT2D eigenvalue weighted by atomic mass is 9.81. The summed E-state index contributed by atoms with van der Waals surface area (Å²) in [5.74, 6) is 1.78. The van der Waals surface area contributed by atoms with Crippen LogP contribution in [0.1, 0.15) is 33.7 Å². The molecule has 0 saturated heterocycles. The highest BCUT2D eigenvalue weighted by atomic mass is 16.5. The molecule has 156 valence electrons. The molecule has 2 nitrogen and oxygen atoms in total. The van der Waals surface area contributed by atoms with Gasteiger partial charge in [0.2, 0.25) is 0 Å². The molecule has 0 bridgehead atoms. The van der Waals surface area contributed by atoms with E-state index in [1.54, 1.807) is 0 Å². The molecule has 1 heterocycles. The lowest BCUT2D eigenvalue weighted by molar-refractivity contribution is 0.489. The van der Waals surface area contributed by atoms with Gasteiger partial charge in [-0.15, -0.1) is 0 Å². The first-order valence-electron chi connectivity index (χ1n) is 10.9. The summed E-state index contributed by atoms with van der Waals surface area (Å²) in [6.07, 6.45) is 1.98. The number of hydrogen-bond acceptors (Lipinski definition) is 2. The van der Waals surface area contributed by atoms with Gasteiger partial charge in [-0.25, -0.2) is 0 Å². The highest BCUT2D eigenvalue weighted by Crippen LogP contribution is 2.45. The largest absolute Gasteiger partial charge is 0.456 e. The molecule has 0 aromatic heterocycles. The van der Waals surface area contributed by atoms with Crippen molar-refractivity contribution in [2.75, 3.05) is 0 Å². The summed E-state index contributed by atoms with van der Waals surface area (Å²) in [6.45, 7) is 4.20. The Balaban J connectivity index is 1.71. The zero-order valence-corrected chi connectivity index (χ0v) is 18.3. The van der Waals surface area contributed by atoms with Gasteiger partial charge in [0.15, 0.2) is 0 Å². The van der Waals surface area contributed by atoms with Gasteiger partial charge in [0.1, 0.15) is 11.5 Å². The van der Waals surface area contributed by atoms with Gasteiger partial charge >= 0.3 is 0 Å². The Morgan fingerprint density at radius 3 is 2.03 bits per heavy atom. The summed E-state index contributed by atoms with van der Waals surface area (Å²) in [5, 5.41) is 0. The Hall–Kier alpha value is -3.91. The average molecular weight is 416 g/mol. The minimum Gasteiger partial charge on any atom is -0.456 e. The highest BCUT2D eigenvalue weighted by Gasteiger charge is 2.30. The number of para-hydroxylation sites is 1. The predicted molar refractivity (Wildman–Crippen MR) is 133 cm³/mol. The molecule has 0 fully saturated rings. The normalized spacial score (nSPS) is 15.5. The quantitative estimate of drug-likeness (QED) is 0.314. The number of rotatable bonds is 4. The van der Waals surface area contributed by atoms with Crippen molar-refractivity contribution in [1.29, 1.82) is 0 Å². The second-order valence-corrected chi connectivity index (χ2v) is 8.23. The fraction of sp³-hybridized carbons (Fsp3) is 0.100. The first-order chi connectivity index (χ1) is 15.7. The fourth-order valence-corrected chi connectivity index (χ4v) is 4.12. The van der Waals surface area contributed by atoms with Crippen LogP contribution in [0.4, 0.5) is 5.69 Å². The summed E-state index contributed by atoms with van der Waals surface area (Å²) < 4.78 is 6.50. The molecule has 2 heteroatoms. The molecule has 0 spiro atoms. The van der Waals surface area contributed by atoms with Gasteiger partial charge in [-0.05, 0) is 37.6 Å². The number of fused-ring (bicyclic) bond motifs is 1. The maximum absolute atomic E-state index is 6.50. The zero-order valence-electron chi connectivity index (χ0n) is 18.3. The number of ether oxygens (including phenoxy) is 1. The van der Waals surface area contributed by atoms with Crippen LogP contribution < -0.4 is 4.74 Å². The molecule has 32 heavy (non-hydrogen) atoms. The number of aryl methyl sites for hydroxylation is 2. The van der Waals surface area contributed by atoms with Gasteiger partial charge in [0.25, 0.3) is 0 Å². The van der Waals surface area contributed by atoms with E-state index in [2.05, 4.69) is 74.5 Å². The van der Waals surface area contributed by atoms with Crippen LogP contribution in [0.3, 0.4) is 0 Å². The SMILES string of the molecule is Cc1ccc(N=CC2=C(c3ccccc3)Oc3ccccc3[C@@H]2c2ccc(C)cc2)cc1. The molecule has 4 aromatic rings. The van der Waals surface area contributed by atoms with Crippen molar-refractivity contribution >= 4 is 17.7 Å². The highest BCUT2D eigenvalue weighted by molar-refractivity contribution is 5.95. The summed E-state index contributed by atoms with van der Waals surface area (Å²) in [7, 11) is 0. The summed E-state index contributed by atoms with van der Waals surface area (Å²) >= 11 is 0. The molecular weight excluding hydrogens is 390 g/mol. The van der Waals surface area contributed by atoms with Crippen molar-refractivity contribution < 1.29 is 4.74 Å². The van der Waals surface area contributed by atoms with Crippen molar-refractivity contribution in [3.05, 3.63) is 137 Å². The molecule has 1 aliphatic rings. The van der Waals surface area contributed by atoms with E-state index in [0.29, 0.717) is 0 Å². The lowest BCUT2D eigenvalue weighted by Gasteiger charge is -2.30. The minimum absolute atomic E-state index is 0.0324. The van der Waals surface area contributed by atoms with E-state index in [1.807, 2.05) is 48.7 Å². The Labute approximate surface area is 189 Å². The monoisotopic (exact) mass is 415 g/mol. The van der Waals surface area contributed by atoms with Crippen molar-refractivity contribution in [3.8, 4) is 5.75 Å². The van der Waals surface area contributed by atoms with Crippen LogP contribution in [0.5, 0.6) is 5.75 Å². The predicted octanol–water partition coefficient (Wildman–Crippen LogP) is 7.64. The van der Waals surface area contributed by atoms with E-state index in [0.717, 1.165) is 33.9 Å². The standard InChI is InChI=1S/C30H25NO/c1-21-12-16-23(17-13-21)29-26-10-6-7-11-28(26)32-30(24-8-4-3-5-9-24)27(29)20-31-25-18-14-22(2)15-19-25/h3-20,29H,1-2H3/t29-/m0/s1. The number of benzene rings is 4. The molecule has 0 unspecified atom stereocenters. The topological polar surface area (TPSA) is 21.6 Å². The van der Waals surface area contributed by atoms with Crippen LogP contribution in [0.15, 0.2) is 114 Å². The Kier molecular flexibility index (Phi) is 5.43. The Morgan fingerprint density at radius 2 is 1.31 bits per heavy atom. The van der Waals surface area contributed by atoms with Crippen LogP contribution in [0.25, 0.3) is 5.76 Å². The van der Waals surface area contributed by atoms with E-state index in [-0.39, 0.29) is 5.92 Å². The summed E-state index contributed by atoms with van der Waals surface area (Å²) in [6, 6.07) is 35.6. The lowest BCUT2D eigenvalue weighted by Crippen LogP contribution is -2.17. The first kappa shape index (κ1) is 20.0. The van der Waals surface area contributed by atoms with Crippen LogP contribution in [0, 0.1) is 13.8 Å². The molecule has 1 aliphatic heterocycles. The third-order valence-corrected chi connectivity index (χ3v) is 5.85. The van der Waals surface area contributed by atoms with Crippen LogP contribution in [-0.2, 0) is 0 Å². The van der Waals surface area contributed by atoms with E-state index in [4.69, 9.17) is 9.73 Å². The third-order valence-electron chi connectivity index (χ3n) is 5.85. The van der Waals surface area contributed by atoms with Crippen molar-refractivity contribution in [2.24, 2.45) is 4.99 Å². The third kappa shape index (κ3) is 4.00. The number of hydrogen-bond donors (Lipinski definition) is 0. The molecule has 0 radical (unpaired) electrons. The van der Waals surface area contributed by atoms with Crippen LogP contribution >= 0.6 is 0 Å². The van der Waals surface area contributed by atoms with Crippen molar-refractivity contribution in [2.45, 2.75) is 19.8 Å². The second-order valence-electron chi connectivity index (χ2n) is 8.23. The van der Waals surface area contributed by atoms with Crippen molar-refractivity contribution in [3.63, 3.8) is 0 Å². The Morgan fingerprint density at radius 1 is 0.688 bits per heavy atom. The maximum atomic E-state index is 6.50. The smallest absolute Gasteiger partial charge is 0.140 e. The minimum atomic E-state index is 0.0324. The molecule has 0 amide bonds. The number of nitrogens with zero attached hydrogens (tertiary/aromatic N) is 1. The molecule has 0 saturated carbocycles. The van der Waals surface area contributed by atoms with Crippen LogP contribution in [-0.4, -0.2) is 6.21 Å². The van der Waals surface area contributed by atoms with E-state index in [1.165, 1.54) is 16.7 Å². The molecule has 0 N–H and O–H groups in total. The summed E-state index contributed by atoms with van der Waals surface area (Å²) in [4.78, 5) is 4.85. The number of aliphatic imine (C=N–C) groups is 1. The molecule has 0 aliphatic carbocycles. The van der Waals surface area contributed by atoms with Crippen molar-refractivity contribution in [1.82, 2.24) is 0 Å². The van der Waals surface area contributed by atoms with Crippen LogP contribution in [0.2, 0.25) is 0 Å². The summed E-state index contributed by atoms with van der Waals surface area (Å²) in [5.41, 5.74) is 7.88. The van der Waals surface area contributed by atoms with Gasteiger partial charge in [-0.3, -0.25) is 4.99 Å². The molecule has 1 atom stereocenters. The average Bonchev–Trinajstić information content (AvgIpc) is 2.84. The number of allylic oxidation sites excluding steroid dienone is 1. The van der Waals surface area contributed by atoms with Gasteiger partial charge in [0, 0.05) is 28.8 Å². The van der Waals surface area contributed by atoms with E-state index in [9.17, 15) is 0 Å². The fourth-order valence-electron chi connectivity index (χ4n) is 4.12. The Bertz CT molecular complexity index is 1280. The molecular formula is C30H25NO. The van der Waals surface area contributed by atoms with E-state index >= 15 is 0 Å². The molecule has 5 rings (SSSR count). The van der Waals surface area contributed by atoms with Gasteiger partial charge in [0.05, 0.1) is 5.69 Å². The van der Waals surface area contributed by atoms with E-state index < -0.39 is 0 Å². The van der Waals surface area contributed by atoms with Gasteiger partial charge < -0.3 is 4.74 Å². The molecule has 4 aromatic carbocycles. The zero-order chi connectivity index (χ0) is 21.9. The second kappa shape index (κ2) is 8.68. The maximum Gasteiger partial charge on any atom is 0.140 e. The van der Waals surface area contributed by atoms with Gasteiger partial charge in [-0.1, -0.05) is 96.1 Å².